The number of nitrogens with one attached hydrogen (secondary N) is 2. The summed E-state index contributed by atoms with van der Waals surface area (Å²) in [5.41, 5.74) is 1.02. The number of hydrogen-bond donors (Lipinski definition) is 2. The summed E-state index contributed by atoms with van der Waals surface area (Å²) in [6.45, 7) is 6.05. The van der Waals surface area contributed by atoms with Crippen LogP contribution < -0.4 is 10.0 Å². The molecule has 0 aromatic carbocycles. The average molecular weight is 262 g/mol. The normalized spacial score (nSPS) is 11.9. The fourth-order valence-electron chi connectivity index (χ4n) is 1.16. The highest BCUT2D eigenvalue weighted by Crippen LogP contribution is 2.19. The van der Waals surface area contributed by atoms with Gasteiger partial charge in [0.05, 0.1) is 0 Å². The van der Waals surface area contributed by atoms with E-state index in [2.05, 4.69) is 10.0 Å². The van der Waals surface area contributed by atoms with Crippen LogP contribution in [0.3, 0.4) is 0 Å². The van der Waals surface area contributed by atoms with Gasteiger partial charge in [-0.25, -0.2) is 13.1 Å². The molecule has 0 unspecified atom stereocenters. The zero-order chi connectivity index (χ0) is 12.0. The molecular formula is C10H18N2O2S2. The van der Waals surface area contributed by atoms with Crippen LogP contribution in [0.5, 0.6) is 0 Å². The van der Waals surface area contributed by atoms with Gasteiger partial charge in [-0.05, 0) is 30.0 Å². The van der Waals surface area contributed by atoms with E-state index in [9.17, 15) is 8.42 Å². The quantitative estimate of drug-likeness (QED) is 0.784. The zero-order valence-corrected chi connectivity index (χ0v) is 11.2. The molecule has 1 heterocycles. The molecule has 0 amide bonds. The summed E-state index contributed by atoms with van der Waals surface area (Å²) < 4.78 is 26.5. The standard InChI is InChI=1S/C10H18N2O2S2/c1-3-5-12-16(13,14)10-6-9(8-15-10)7-11-4-2/h6,8,11-12H,3-5,7H2,1-2H3. The molecule has 0 bridgehead atoms. The molecule has 0 saturated carbocycles. The summed E-state index contributed by atoms with van der Waals surface area (Å²) in [5.74, 6) is 0. The second-order valence-electron chi connectivity index (χ2n) is 3.45. The van der Waals surface area contributed by atoms with Crippen molar-refractivity contribution in [2.45, 2.75) is 31.0 Å². The Labute approximate surface area is 101 Å². The van der Waals surface area contributed by atoms with Gasteiger partial charge in [-0.15, -0.1) is 11.3 Å². The van der Waals surface area contributed by atoms with Crippen molar-refractivity contribution in [1.29, 1.82) is 0 Å². The highest BCUT2D eigenvalue weighted by Gasteiger charge is 2.15. The van der Waals surface area contributed by atoms with E-state index in [1.807, 2.05) is 19.2 Å². The molecule has 0 atom stereocenters. The Morgan fingerprint density at radius 3 is 2.75 bits per heavy atom. The molecule has 0 aliphatic rings. The smallest absolute Gasteiger partial charge is 0.250 e. The summed E-state index contributed by atoms with van der Waals surface area (Å²) >= 11 is 1.27. The summed E-state index contributed by atoms with van der Waals surface area (Å²) in [5, 5.41) is 5.04. The van der Waals surface area contributed by atoms with E-state index >= 15 is 0 Å². The summed E-state index contributed by atoms with van der Waals surface area (Å²) in [4.78, 5) is 0. The lowest BCUT2D eigenvalue weighted by atomic mass is 10.3. The van der Waals surface area contributed by atoms with Crippen molar-refractivity contribution in [3.05, 3.63) is 17.0 Å². The third kappa shape index (κ3) is 3.86. The lowest BCUT2D eigenvalue weighted by Gasteiger charge is -2.01. The molecule has 0 aliphatic heterocycles. The van der Waals surface area contributed by atoms with Gasteiger partial charge in [-0.2, -0.15) is 0 Å². The second-order valence-corrected chi connectivity index (χ2v) is 6.36. The van der Waals surface area contributed by atoms with E-state index in [-0.39, 0.29) is 0 Å². The van der Waals surface area contributed by atoms with Gasteiger partial charge in [0.15, 0.2) is 0 Å². The largest absolute Gasteiger partial charge is 0.313 e. The Bertz CT molecular complexity index is 412. The van der Waals surface area contributed by atoms with Crippen LogP contribution in [0.4, 0.5) is 0 Å². The predicted octanol–water partition coefficient (Wildman–Crippen LogP) is 1.55. The van der Waals surface area contributed by atoms with Gasteiger partial charge in [0.1, 0.15) is 4.21 Å². The van der Waals surface area contributed by atoms with Gasteiger partial charge >= 0.3 is 0 Å². The minimum absolute atomic E-state index is 0.397. The van der Waals surface area contributed by atoms with Crippen LogP contribution in [0, 0.1) is 0 Å². The number of sulfonamides is 1. The van der Waals surface area contributed by atoms with Crippen molar-refractivity contribution in [2.75, 3.05) is 13.1 Å². The average Bonchev–Trinajstić information content (AvgIpc) is 2.73. The van der Waals surface area contributed by atoms with Crippen molar-refractivity contribution in [1.82, 2.24) is 10.0 Å². The molecule has 2 N–H and O–H groups in total. The molecule has 16 heavy (non-hydrogen) atoms. The first-order valence-electron chi connectivity index (χ1n) is 5.38. The number of hydrogen-bond acceptors (Lipinski definition) is 4. The van der Waals surface area contributed by atoms with Crippen LogP contribution in [0.15, 0.2) is 15.7 Å². The Hall–Kier alpha value is -0.430. The first-order valence-corrected chi connectivity index (χ1v) is 7.74. The van der Waals surface area contributed by atoms with Gasteiger partial charge in [-0.3, -0.25) is 0 Å². The van der Waals surface area contributed by atoms with E-state index in [0.29, 0.717) is 10.8 Å². The predicted molar refractivity (Wildman–Crippen MR) is 67.2 cm³/mol. The summed E-state index contributed by atoms with van der Waals surface area (Å²) in [7, 11) is -3.29. The molecule has 1 aromatic rings. The van der Waals surface area contributed by atoms with Gasteiger partial charge in [-0.1, -0.05) is 13.8 Å². The van der Waals surface area contributed by atoms with Crippen molar-refractivity contribution in [3.8, 4) is 0 Å². The fourth-order valence-corrected chi connectivity index (χ4v) is 3.55. The topological polar surface area (TPSA) is 58.2 Å². The molecule has 0 radical (unpaired) electrons. The Morgan fingerprint density at radius 2 is 2.12 bits per heavy atom. The molecule has 0 saturated heterocycles. The van der Waals surface area contributed by atoms with Crippen molar-refractivity contribution in [2.24, 2.45) is 0 Å². The molecule has 0 fully saturated rings. The molecule has 0 aliphatic carbocycles. The minimum Gasteiger partial charge on any atom is -0.313 e. The first-order chi connectivity index (χ1) is 7.60. The highest BCUT2D eigenvalue weighted by molar-refractivity contribution is 7.91. The first kappa shape index (κ1) is 13.6. The fraction of sp³-hybridized carbons (Fsp3) is 0.600. The summed E-state index contributed by atoms with van der Waals surface area (Å²) in [6, 6.07) is 1.73. The maximum absolute atomic E-state index is 11.8. The van der Waals surface area contributed by atoms with E-state index in [1.54, 1.807) is 6.07 Å². The minimum atomic E-state index is -3.29. The Kier molecular flexibility index (Phi) is 5.40. The van der Waals surface area contributed by atoms with Crippen LogP contribution >= 0.6 is 11.3 Å². The van der Waals surface area contributed by atoms with E-state index in [4.69, 9.17) is 0 Å². The second kappa shape index (κ2) is 6.34. The third-order valence-corrected chi connectivity index (χ3v) is 4.97. The molecule has 92 valence electrons. The maximum atomic E-state index is 11.8. The van der Waals surface area contributed by atoms with Gasteiger partial charge < -0.3 is 5.32 Å². The van der Waals surface area contributed by atoms with E-state index in [1.165, 1.54) is 11.3 Å². The van der Waals surface area contributed by atoms with Crippen LogP contribution in [-0.4, -0.2) is 21.5 Å². The molecular weight excluding hydrogens is 244 g/mol. The molecule has 1 rings (SSSR count). The van der Waals surface area contributed by atoms with Crippen LogP contribution in [0.25, 0.3) is 0 Å². The molecule has 1 aromatic heterocycles. The van der Waals surface area contributed by atoms with Crippen molar-refractivity contribution in [3.63, 3.8) is 0 Å². The van der Waals surface area contributed by atoms with Crippen LogP contribution in [0.2, 0.25) is 0 Å². The van der Waals surface area contributed by atoms with E-state index < -0.39 is 10.0 Å². The van der Waals surface area contributed by atoms with Crippen molar-refractivity contribution >= 4 is 21.4 Å². The monoisotopic (exact) mass is 262 g/mol. The SMILES string of the molecule is CCCNS(=O)(=O)c1cc(CNCC)cs1. The lowest BCUT2D eigenvalue weighted by Crippen LogP contribution is -2.23. The molecule has 6 heteroatoms. The number of thiophene rings is 1. The molecule has 4 nitrogen and oxygen atoms in total. The van der Waals surface area contributed by atoms with E-state index in [0.717, 1.165) is 25.1 Å². The third-order valence-electron chi connectivity index (χ3n) is 2.02. The maximum Gasteiger partial charge on any atom is 0.250 e. The molecule has 0 spiro atoms. The lowest BCUT2D eigenvalue weighted by molar-refractivity contribution is 0.583. The Morgan fingerprint density at radius 1 is 1.38 bits per heavy atom. The summed E-state index contributed by atoms with van der Waals surface area (Å²) in [6.07, 6.45) is 0.800. The van der Waals surface area contributed by atoms with Crippen LogP contribution in [0.1, 0.15) is 25.8 Å². The highest BCUT2D eigenvalue weighted by atomic mass is 32.2. The van der Waals surface area contributed by atoms with Crippen molar-refractivity contribution < 1.29 is 8.42 Å². The van der Waals surface area contributed by atoms with Crippen LogP contribution in [-0.2, 0) is 16.6 Å². The van der Waals surface area contributed by atoms with Gasteiger partial charge in [0.25, 0.3) is 0 Å². The van der Waals surface area contributed by atoms with Gasteiger partial charge in [0, 0.05) is 13.1 Å². The zero-order valence-electron chi connectivity index (χ0n) is 9.62. The Balaban J connectivity index is 2.69. The number of rotatable bonds is 7. The van der Waals surface area contributed by atoms with Gasteiger partial charge in [0.2, 0.25) is 10.0 Å².